The van der Waals surface area contributed by atoms with E-state index in [4.69, 9.17) is 14.2 Å². The number of carbonyl (C=O) groups excluding carboxylic acids is 3. The van der Waals surface area contributed by atoms with E-state index in [1.54, 1.807) is 0 Å². The van der Waals surface area contributed by atoms with Gasteiger partial charge in [-0.25, -0.2) is 0 Å². The molecular weight excluding hydrogens is 793 g/mol. The van der Waals surface area contributed by atoms with E-state index in [0.29, 0.717) is 19.3 Å². The molecule has 0 aromatic carbocycles. The second kappa shape index (κ2) is 52.7. The van der Waals surface area contributed by atoms with Crippen molar-refractivity contribution in [2.24, 2.45) is 0 Å². The van der Waals surface area contributed by atoms with Gasteiger partial charge in [-0.2, -0.15) is 0 Å². The van der Waals surface area contributed by atoms with Gasteiger partial charge in [-0.15, -0.1) is 0 Å². The third-order valence-corrected chi connectivity index (χ3v) is 11.8. The Kier molecular flexibility index (Phi) is 50.4. The highest BCUT2D eigenvalue weighted by Gasteiger charge is 2.19. The Balaban J connectivity index is 4.40. The summed E-state index contributed by atoms with van der Waals surface area (Å²) in [6.45, 7) is 6.50. The van der Waals surface area contributed by atoms with Gasteiger partial charge in [0, 0.05) is 19.3 Å². The van der Waals surface area contributed by atoms with Crippen LogP contribution < -0.4 is 0 Å². The summed E-state index contributed by atoms with van der Waals surface area (Å²) >= 11 is 0. The van der Waals surface area contributed by atoms with Gasteiger partial charge in [-0.1, -0.05) is 236 Å². The monoisotopic (exact) mass is 895 g/mol. The first-order chi connectivity index (χ1) is 31.5. The molecule has 0 saturated carbocycles. The molecule has 370 valence electrons. The molecule has 1 atom stereocenters. The van der Waals surface area contributed by atoms with Crippen molar-refractivity contribution in [3.63, 3.8) is 0 Å². The summed E-state index contributed by atoms with van der Waals surface area (Å²) in [7, 11) is 0. The fraction of sp³-hybridized carbons (Fsp3) is 0.776. The zero-order valence-corrected chi connectivity index (χ0v) is 42.3. The molecule has 0 bridgehead atoms. The predicted octanol–water partition coefficient (Wildman–Crippen LogP) is 18.0. The summed E-state index contributed by atoms with van der Waals surface area (Å²) in [6.07, 6.45) is 64.8. The zero-order chi connectivity index (χ0) is 46.5. The fourth-order valence-corrected chi connectivity index (χ4v) is 7.68. The van der Waals surface area contributed by atoms with Crippen LogP contribution in [0.4, 0.5) is 0 Å². The second-order valence-electron chi connectivity index (χ2n) is 18.1. The van der Waals surface area contributed by atoms with Gasteiger partial charge in [0.05, 0.1) is 0 Å². The number of hydrogen-bond acceptors (Lipinski definition) is 6. The van der Waals surface area contributed by atoms with Crippen LogP contribution in [0.3, 0.4) is 0 Å². The minimum Gasteiger partial charge on any atom is -0.462 e. The van der Waals surface area contributed by atoms with E-state index < -0.39 is 6.10 Å². The van der Waals surface area contributed by atoms with E-state index in [1.807, 2.05) is 0 Å². The maximum Gasteiger partial charge on any atom is 0.306 e. The molecule has 0 rings (SSSR count). The van der Waals surface area contributed by atoms with Gasteiger partial charge in [0.15, 0.2) is 6.10 Å². The number of allylic oxidation sites excluding steroid dienone is 10. The topological polar surface area (TPSA) is 78.9 Å². The standard InChI is InChI=1S/C58H102O6/c1-4-7-10-13-16-19-22-25-28-31-33-36-39-42-45-48-51-57(60)63-54-55(64-58(61)52-49-46-43-40-37-34-30-27-24-21-18-15-12-9-6-3)53-62-56(59)50-47-44-41-38-35-32-29-26-23-20-17-14-11-8-5-2/h7,10,16,18-19,21,24-25,27-28,55H,4-6,8-9,11-15,17,20,22-23,26,29-54H2,1-3H3/b10-7-,19-16-,21-18-,27-24-,28-25-. The maximum atomic E-state index is 12.8. The highest BCUT2D eigenvalue weighted by molar-refractivity contribution is 5.71. The van der Waals surface area contributed by atoms with Crippen LogP contribution in [0.5, 0.6) is 0 Å². The molecule has 0 saturated heterocycles. The van der Waals surface area contributed by atoms with Crippen molar-refractivity contribution in [1.29, 1.82) is 0 Å². The Morgan fingerprint density at radius 1 is 0.344 bits per heavy atom. The predicted molar refractivity (Wildman–Crippen MR) is 275 cm³/mol. The van der Waals surface area contributed by atoms with Crippen LogP contribution in [0.15, 0.2) is 60.8 Å². The quantitative estimate of drug-likeness (QED) is 0.0199. The smallest absolute Gasteiger partial charge is 0.306 e. The molecule has 1 unspecified atom stereocenters. The van der Waals surface area contributed by atoms with E-state index in [9.17, 15) is 14.4 Å². The number of carbonyl (C=O) groups is 3. The Morgan fingerprint density at radius 2 is 0.656 bits per heavy atom. The summed E-state index contributed by atoms with van der Waals surface area (Å²) in [6, 6.07) is 0. The molecule has 0 spiro atoms. The summed E-state index contributed by atoms with van der Waals surface area (Å²) in [5.74, 6) is -0.897. The first-order valence-corrected chi connectivity index (χ1v) is 27.3. The Hall–Kier alpha value is -2.89. The summed E-state index contributed by atoms with van der Waals surface area (Å²) in [4.78, 5) is 38.1. The van der Waals surface area contributed by atoms with Crippen LogP contribution in [0.25, 0.3) is 0 Å². The van der Waals surface area contributed by atoms with Gasteiger partial charge in [0.1, 0.15) is 13.2 Å². The molecular formula is C58H102O6. The SMILES string of the molecule is CC/C=C\C/C=C\C/C=C\CCCCCCCCC(=O)OCC(COC(=O)CCCCCCCCCCCCCCCCC)OC(=O)CCCCCCCC/C=C\C=C/CCCCC. The van der Waals surface area contributed by atoms with Crippen molar-refractivity contribution in [2.45, 2.75) is 277 Å². The number of esters is 3. The molecule has 0 aliphatic heterocycles. The van der Waals surface area contributed by atoms with E-state index in [2.05, 4.69) is 81.5 Å². The number of ether oxygens (including phenoxy) is 3. The molecule has 6 heteroatoms. The summed E-state index contributed by atoms with van der Waals surface area (Å²) in [5.41, 5.74) is 0. The minimum atomic E-state index is -0.784. The van der Waals surface area contributed by atoms with Gasteiger partial charge in [-0.05, 0) is 77.0 Å². The van der Waals surface area contributed by atoms with Crippen LogP contribution in [0, 0.1) is 0 Å². The van der Waals surface area contributed by atoms with Crippen LogP contribution in [0.2, 0.25) is 0 Å². The van der Waals surface area contributed by atoms with Gasteiger partial charge in [0.25, 0.3) is 0 Å². The van der Waals surface area contributed by atoms with Crippen LogP contribution >= 0.6 is 0 Å². The molecule has 0 fully saturated rings. The Bertz CT molecular complexity index is 1170. The van der Waals surface area contributed by atoms with Crippen molar-refractivity contribution in [2.75, 3.05) is 13.2 Å². The highest BCUT2D eigenvalue weighted by Crippen LogP contribution is 2.16. The van der Waals surface area contributed by atoms with Crippen molar-refractivity contribution >= 4 is 17.9 Å². The van der Waals surface area contributed by atoms with E-state index in [0.717, 1.165) is 96.3 Å². The number of unbranched alkanes of at least 4 members (excludes halogenated alkanes) is 29. The molecule has 64 heavy (non-hydrogen) atoms. The molecule has 0 heterocycles. The first kappa shape index (κ1) is 61.1. The molecule has 0 aromatic rings. The summed E-state index contributed by atoms with van der Waals surface area (Å²) in [5, 5.41) is 0. The van der Waals surface area contributed by atoms with Crippen LogP contribution in [0.1, 0.15) is 271 Å². The van der Waals surface area contributed by atoms with Crippen LogP contribution in [-0.4, -0.2) is 37.2 Å². The molecule has 0 aliphatic carbocycles. The normalized spacial score (nSPS) is 12.5. The third kappa shape index (κ3) is 50.1. The lowest BCUT2D eigenvalue weighted by Gasteiger charge is -2.18. The van der Waals surface area contributed by atoms with Crippen molar-refractivity contribution in [3.05, 3.63) is 60.8 Å². The zero-order valence-electron chi connectivity index (χ0n) is 42.3. The van der Waals surface area contributed by atoms with Gasteiger partial charge >= 0.3 is 17.9 Å². The maximum absolute atomic E-state index is 12.8. The Morgan fingerprint density at radius 3 is 1.08 bits per heavy atom. The largest absolute Gasteiger partial charge is 0.462 e. The highest BCUT2D eigenvalue weighted by atomic mass is 16.6. The number of hydrogen-bond donors (Lipinski definition) is 0. The molecule has 0 aromatic heterocycles. The average molecular weight is 895 g/mol. The fourth-order valence-electron chi connectivity index (χ4n) is 7.68. The van der Waals surface area contributed by atoms with Crippen molar-refractivity contribution < 1.29 is 28.6 Å². The molecule has 0 aliphatic rings. The van der Waals surface area contributed by atoms with E-state index in [1.165, 1.54) is 135 Å². The van der Waals surface area contributed by atoms with E-state index >= 15 is 0 Å². The minimum absolute atomic E-state index is 0.0811. The van der Waals surface area contributed by atoms with Crippen molar-refractivity contribution in [3.8, 4) is 0 Å². The lowest BCUT2D eigenvalue weighted by molar-refractivity contribution is -0.167. The second-order valence-corrected chi connectivity index (χ2v) is 18.1. The third-order valence-electron chi connectivity index (χ3n) is 11.8. The number of rotatable bonds is 49. The van der Waals surface area contributed by atoms with Gasteiger partial charge in [-0.3, -0.25) is 14.4 Å². The lowest BCUT2D eigenvalue weighted by atomic mass is 10.0. The van der Waals surface area contributed by atoms with E-state index in [-0.39, 0.29) is 31.1 Å². The van der Waals surface area contributed by atoms with Gasteiger partial charge < -0.3 is 14.2 Å². The van der Waals surface area contributed by atoms with Gasteiger partial charge in [0.2, 0.25) is 0 Å². The molecule has 6 nitrogen and oxygen atoms in total. The van der Waals surface area contributed by atoms with Crippen molar-refractivity contribution in [1.82, 2.24) is 0 Å². The Labute approximate surface area is 396 Å². The van der Waals surface area contributed by atoms with Crippen LogP contribution in [-0.2, 0) is 28.6 Å². The molecule has 0 radical (unpaired) electrons. The summed E-state index contributed by atoms with van der Waals surface area (Å²) < 4.78 is 16.8. The average Bonchev–Trinajstić information content (AvgIpc) is 3.29. The first-order valence-electron chi connectivity index (χ1n) is 27.3. The molecule has 0 N–H and O–H groups in total. The lowest BCUT2D eigenvalue weighted by Crippen LogP contribution is -2.30. The molecule has 0 amide bonds.